The average Bonchev–Trinajstić information content (AvgIpc) is 3.93. The largest absolute Gasteiger partial charge is 0.440 e. The molecule has 0 saturated carbocycles. The van der Waals surface area contributed by atoms with Crippen LogP contribution in [0.5, 0.6) is 0 Å². The molecule has 15 rings (SSSR count). The van der Waals surface area contributed by atoms with Gasteiger partial charge in [-0.2, -0.15) is 0 Å². The van der Waals surface area contributed by atoms with E-state index in [2.05, 4.69) is 210 Å². The summed E-state index contributed by atoms with van der Waals surface area (Å²) in [7, 11) is 0. The molecule has 0 unspecified atom stereocenters. The Morgan fingerprint density at radius 2 is 0.587 bits per heavy atom. The molecule has 0 amide bonds. The summed E-state index contributed by atoms with van der Waals surface area (Å²) in [4.78, 5) is 4.75. The van der Waals surface area contributed by atoms with Crippen molar-refractivity contribution in [2.45, 2.75) is 0 Å². The molecule has 63 heavy (non-hydrogen) atoms. The summed E-state index contributed by atoms with van der Waals surface area (Å²) in [6.45, 7) is -0.156. The molecule has 0 saturated heterocycles. The molecule has 11 aromatic carbocycles. The smallest absolute Gasteiger partial charge is 0.262 e. The third-order valence-corrected chi connectivity index (χ3v) is 14.0. The summed E-state index contributed by atoms with van der Waals surface area (Å²) in [5.41, 5.74) is 9.53. The second-order valence-corrected chi connectivity index (χ2v) is 17.1. The zero-order valence-electron chi connectivity index (χ0n) is 33.8. The zero-order valence-corrected chi connectivity index (χ0v) is 33.8. The van der Waals surface area contributed by atoms with Gasteiger partial charge in [-0.1, -0.05) is 152 Å². The molecule has 2 aliphatic heterocycles. The van der Waals surface area contributed by atoms with Crippen molar-refractivity contribution in [2.24, 2.45) is 0 Å². The van der Waals surface area contributed by atoms with Crippen LogP contribution in [0.3, 0.4) is 0 Å². The fraction of sp³-hybridized carbons (Fsp3) is 0. The number of hydrogen-bond acceptors (Lipinski definition) is 4. The van der Waals surface area contributed by atoms with Crippen molar-refractivity contribution in [1.29, 1.82) is 0 Å². The van der Waals surface area contributed by atoms with Crippen LogP contribution in [0, 0.1) is 0 Å². The van der Waals surface area contributed by atoms with E-state index in [4.69, 9.17) is 8.83 Å². The van der Waals surface area contributed by atoms with Crippen molar-refractivity contribution in [2.75, 3.05) is 9.80 Å². The second-order valence-electron chi connectivity index (χ2n) is 17.1. The molecule has 5 heteroatoms. The van der Waals surface area contributed by atoms with Gasteiger partial charge >= 0.3 is 0 Å². The van der Waals surface area contributed by atoms with E-state index in [9.17, 15) is 0 Å². The van der Waals surface area contributed by atoms with Crippen molar-refractivity contribution in [3.05, 3.63) is 200 Å². The van der Waals surface area contributed by atoms with E-state index in [0.29, 0.717) is 0 Å². The van der Waals surface area contributed by atoms with E-state index in [1.54, 1.807) is 0 Å². The fourth-order valence-corrected chi connectivity index (χ4v) is 11.5. The van der Waals surface area contributed by atoms with Gasteiger partial charge in [0.25, 0.3) is 6.71 Å². The Balaban J connectivity index is 1.04. The zero-order chi connectivity index (χ0) is 40.9. The van der Waals surface area contributed by atoms with Gasteiger partial charge in [0, 0.05) is 44.4 Å². The molecule has 0 aliphatic carbocycles. The van der Waals surface area contributed by atoms with Crippen LogP contribution in [0.2, 0.25) is 0 Å². The molecular weight excluding hydrogens is 767 g/mol. The minimum absolute atomic E-state index is 0.156. The topological polar surface area (TPSA) is 32.8 Å². The van der Waals surface area contributed by atoms with Gasteiger partial charge in [-0.15, -0.1) is 0 Å². The van der Waals surface area contributed by atoms with Crippen molar-refractivity contribution in [1.82, 2.24) is 0 Å². The summed E-state index contributed by atoms with van der Waals surface area (Å²) in [5.74, 6) is 1.67. The van der Waals surface area contributed by atoms with E-state index in [0.717, 1.165) is 67.4 Å². The van der Waals surface area contributed by atoms with Crippen LogP contribution in [0.15, 0.2) is 209 Å². The Kier molecular flexibility index (Phi) is 6.47. The molecule has 0 N–H and O–H groups in total. The summed E-state index contributed by atoms with van der Waals surface area (Å²) >= 11 is 0. The number of rotatable bonds is 2. The van der Waals surface area contributed by atoms with E-state index >= 15 is 0 Å². The molecule has 0 atom stereocenters. The summed E-state index contributed by atoms with van der Waals surface area (Å²) in [6.07, 6.45) is 0. The van der Waals surface area contributed by atoms with Crippen LogP contribution in [0.25, 0.3) is 86.6 Å². The first kappa shape index (κ1) is 33.4. The minimum atomic E-state index is -0.156. The predicted molar refractivity (Wildman–Crippen MR) is 265 cm³/mol. The first-order valence-electron chi connectivity index (χ1n) is 21.7. The monoisotopic (exact) mass is 800 g/mol. The highest BCUT2D eigenvalue weighted by molar-refractivity contribution is 7.02. The third kappa shape index (κ3) is 4.35. The van der Waals surface area contributed by atoms with E-state index in [-0.39, 0.29) is 6.71 Å². The van der Waals surface area contributed by atoms with Gasteiger partial charge in [0.2, 0.25) is 11.8 Å². The summed E-state index contributed by atoms with van der Waals surface area (Å²) < 4.78 is 14.2. The van der Waals surface area contributed by atoms with Crippen LogP contribution < -0.4 is 26.2 Å². The SMILES string of the molecule is c1cc2c3c(c1)N(c1ccc4c5ccccc5c5ccccc5c4c1)c1oc4ccccc4c1B3c1c(oc3ccccc13)N2c1ccc2c3ccccc3c3ccccc3c2c1. The Bertz CT molecular complexity index is 3810. The van der Waals surface area contributed by atoms with Gasteiger partial charge in [0.15, 0.2) is 0 Å². The lowest BCUT2D eigenvalue weighted by atomic mass is 9.33. The maximum Gasteiger partial charge on any atom is 0.262 e. The fourth-order valence-electron chi connectivity index (χ4n) is 11.5. The highest BCUT2D eigenvalue weighted by atomic mass is 16.4. The number of furan rings is 2. The molecule has 2 aromatic heterocycles. The number of fused-ring (bicyclic) bond motifs is 20. The molecule has 0 radical (unpaired) electrons. The normalized spacial score (nSPS) is 13.3. The molecule has 4 nitrogen and oxygen atoms in total. The van der Waals surface area contributed by atoms with Gasteiger partial charge in [-0.05, 0) is 119 Å². The van der Waals surface area contributed by atoms with E-state index < -0.39 is 0 Å². The average molecular weight is 801 g/mol. The first-order valence-corrected chi connectivity index (χ1v) is 21.7. The number of benzene rings is 11. The first-order chi connectivity index (χ1) is 31.3. The third-order valence-electron chi connectivity index (χ3n) is 14.0. The maximum atomic E-state index is 7.10. The van der Waals surface area contributed by atoms with Gasteiger partial charge in [-0.3, -0.25) is 9.80 Å². The summed E-state index contributed by atoms with van der Waals surface area (Å²) in [6, 6.07) is 72.9. The molecular formula is C58H33BN2O2. The number of para-hydroxylation sites is 2. The van der Waals surface area contributed by atoms with Gasteiger partial charge < -0.3 is 8.83 Å². The quantitative estimate of drug-likeness (QED) is 0.129. The van der Waals surface area contributed by atoms with E-state index in [1.165, 1.54) is 70.1 Å². The van der Waals surface area contributed by atoms with Gasteiger partial charge in [-0.25, -0.2) is 0 Å². The standard InChI is InChI=1S/C58H33BN2O2/c1-3-18-40-36(14-1)38-16-5-7-20-42(38)48-32-34(28-30-44(40)48)60-50-24-13-25-51-56(50)59(54-46-22-9-11-26-52(46)62-57(54)60)55-47-23-10-12-27-53(47)63-58(55)61(51)35-29-31-45-41-19-4-2-15-37(41)39-17-6-8-21-43(39)49(45)33-35/h1-33H. The second kappa shape index (κ2) is 12.2. The Morgan fingerprint density at radius 1 is 0.270 bits per heavy atom. The van der Waals surface area contributed by atoms with Gasteiger partial charge in [0.05, 0.1) is 0 Å². The Labute approximate surface area is 361 Å². The molecule has 2 aliphatic rings. The predicted octanol–water partition coefficient (Wildman–Crippen LogP) is 14.2. The molecule has 13 aromatic rings. The molecule has 0 fully saturated rings. The van der Waals surface area contributed by atoms with Crippen LogP contribution in [-0.2, 0) is 0 Å². The highest BCUT2D eigenvalue weighted by Gasteiger charge is 2.48. The Morgan fingerprint density at radius 3 is 0.968 bits per heavy atom. The van der Waals surface area contributed by atoms with Crippen molar-refractivity contribution in [3.63, 3.8) is 0 Å². The van der Waals surface area contributed by atoms with Crippen LogP contribution in [-0.4, -0.2) is 6.71 Å². The Hall–Kier alpha value is -8.28. The van der Waals surface area contributed by atoms with Crippen molar-refractivity contribution in [3.8, 4) is 0 Å². The minimum Gasteiger partial charge on any atom is -0.440 e. The number of nitrogens with zero attached hydrogens (tertiary/aromatic N) is 2. The maximum absolute atomic E-state index is 7.10. The number of anilines is 6. The molecule has 0 bridgehead atoms. The summed E-state index contributed by atoms with van der Waals surface area (Å²) in [5, 5.41) is 17.1. The molecule has 0 spiro atoms. The van der Waals surface area contributed by atoms with Crippen LogP contribution in [0.1, 0.15) is 0 Å². The number of hydrogen-bond donors (Lipinski definition) is 0. The van der Waals surface area contributed by atoms with Crippen LogP contribution >= 0.6 is 0 Å². The molecule has 290 valence electrons. The van der Waals surface area contributed by atoms with Crippen molar-refractivity contribution < 1.29 is 8.83 Å². The van der Waals surface area contributed by atoms with Crippen LogP contribution in [0.4, 0.5) is 34.5 Å². The van der Waals surface area contributed by atoms with Gasteiger partial charge in [0.1, 0.15) is 11.2 Å². The van der Waals surface area contributed by atoms with Crippen molar-refractivity contribution >= 4 is 144 Å². The van der Waals surface area contributed by atoms with E-state index in [1.807, 2.05) is 0 Å². The highest BCUT2D eigenvalue weighted by Crippen LogP contribution is 2.49. The molecule has 4 heterocycles. The lowest BCUT2D eigenvalue weighted by molar-refractivity contribution is 0.621. The lowest BCUT2D eigenvalue weighted by Crippen LogP contribution is -2.60. The lowest BCUT2D eigenvalue weighted by Gasteiger charge is -2.40.